The maximum Gasteiger partial charge on any atom is 0.224 e. The summed E-state index contributed by atoms with van der Waals surface area (Å²) in [4.78, 5) is 24.9. The summed E-state index contributed by atoms with van der Waals surface area (Å²) < 4.78 is 5.36. The van der Waals surface area contributed by atoms with E-state index in [0.717, 1.165) is 23.4 Å². The first-order valence-electron chi connectivity index (χ1n) is 9.77. The molecule has 3 aromatic rings. The van der Waals surface area contributed by atoms with Gasteiger partial charge in [-0.15, -0.1) is 0 Å². The average Bonchev–Trinajstić information content (AvgIpc) is 2.73. The van der Waals surface area contributed by atoms with Crippen LogP contribution in [0.5, 0.6) is 0 Å². The minimum atomic E-state index is -0.0172. The van der Waals surface area contributed by atoms with E-state index in [0.29, 0.717) is 43.0 Å². The highest BCUT2D eigenvalue weighted by Gasteiger charge is 2.10. The number of pyridine rings is 1. The van der Waals surface area contributed by atoms with E-state index in [9.17, 15) is 4.79 Å². The first kappa shape index (κ1) is 20.5. The lowest BCUT2D eigenvalue weighted by molar-refractivity contribution is -0.115. The molecule has 0 unspecified atom stereocenters. The highest BCUT2D eigenvalue weighted by molar-refractivity contribution is 5.91. The second-order valence-corrected chi connectivity index (χ2v) is 6.45. The molecule has 0 saturated heterocycles. The Morgan fingerprint density at radius 2 is 1.86 bits per heavy atom. The standard InChI is InChI=1S/C21H26N6O2/c1-3-18(28)24-15-8-6-14(7-9-15)16-10-11-17-19(25-16)20(27-21(22)26-17)23-12-5-13-29-4-2/h6-11H,3-5,12-13H2,1-2H3,(H,24,28)(H3,22,23,26,27). The van der Waals surface area contributed by atoms with Crippen molar-refractivity contribution in [2.75, 3.05) is 36.1 Å². The molecule has 0 fully saturated rings. The van der Waals surface area contributed by atoms with Gasteiger partial charge in [-0.05, 0) is 37.6 Å². The molecule has 4 N–H and O–H groups in total. The van der Waals surface area contributed by atoms with E-state index in [1.54, 1.807) is 0 Å². The van der Waals surface area contributed by atoms with Crippen LogP contribution in [0.2, 0.25) is 0 Å². The van der Waals surface area contributed by atoms with Crippen molar-refractivity contribution in [3.63, 3.8) is 0 Å². The third-order valence-electron chi connectivity index (χ3n) is 4.31. The van der Waals surface area contributed by atoms with Crippen LogP contribution >= 0.6 is 0 Å². The number of amides is 1. The number of fused-ring (bicyclic) bond motifs is 1. The lowest BCUT2D eigenvalue weighted by atomic mass is 10.1. The molecule has 2 aromatic heterocycles. The van der Waals surface area contributed by atoms with Gasteiger partial charge in [0.15, 0.2) is 5.82 Å². The van der Waals surface area contributed by atoms with Crippen molar-refractivity contribution in [3.8, 4) is 11.3 Å². The number of nitrogens with two attached hydrogens (primary N) is 1. The fraction of sp³-hybridized carbons (Fsp3) is 0.333. The summed E-state index contributed by atoms with van der Waals surface area (Å²) in [7, 11) is 0. The van der Waals surface area contributed by atoms with Gasteiger partial charge in [-0.25, -0.2) is 9.97 Å². The Bertz CT molecular complexity index is 975. The van der Waals surface area contributed by atoms with E-state index in [4.69, 9.17) is 15.5 Å². The van der Waals surface area contributed by atoms with E-state index in [1.807, 2.05) is 50.2 Å². The lowest BCUT2D eigenvalue weighted by Crippen LogP contribution is -2.10. The second kappa shape index (κ2) is 9.79. The summed E-state index contributed by atoms with van der Waals surface area (Å²) in [5, 5.41) is 6.12. The highest BCUT2D eigenvalue weighted by Crippen LogP contribution is 2.25. The quantitative estimate of drug-likeness (QED) is 0.476. The molecule has 3 rings (SSSR count). The van der Waals surface area contributed by atoms with Gasteiger partial charge in [0.1, 0.15) is 5.52 Å². The van der Waals surface area contributed by atoms with Gasteiger partial charge in [0.2, 0.25) is 11.9 Å². The third-order valence-corrected chi connectivity index (χ3v) is 4.31. The number of benzene rings is 1. The number of nitrogens with one attached hydrogen (secondary N) is 2. The Hall–Kier alpha value is -3.26. The van der Waals surface area contributed by atoms with Crippen LogP contribution in [0.3, 0.4) is 0 Å². The number of anilines is 3. The Morgan fingerprint density at radius 1 is 1.07 bits per heavy atom. The SMILES string of the molecule is CCOCCCNc1nc(N)nc2ccc(-c3ccc(NC(=O)CC)cc3)nc12. The van der Waals surface area contributed by atoms with Crippen molar-refractivity contribution in [2.45, 2.75) is 26.7 Å². The number of nitrogens with zero attached hydrogens (tertiary/aromatic N) is 3. The minimum absolute atomic E-state index is 0.0172. The van der Waals surface area contributed by atoms with Crippen molar-refractivity contribution in [3.05, 3.63) is 36.4 Å². The van der Waals surface area contributed by atoms with Gasteiger partial charge in [-0.3, -0.25) is 4.79 Å². The number of hydrogen-bond acceptors (Lipinski definition) is 7. The lowest BCUT2D eigenvalue weighted by Gasteiger charge is -2.10. The molecule has 2 heterocycles. The highest BCUT2D eigenvalue weighted by atomic mass is 16.5. The Kier molecular flexibility index (Phi) is 6.91. The van der Waals surface area contributed by atoms with E-state index in [2.05, 4.69) is 20.6 Å². The molecule has 0 radical (unpaired) electrons. The summed E-state index contributed by atoms with van der Waals surface area (Å²) in [6.45, 7) is 5.88. The number of carbonyl (C=O) groups is 1. The molecule has 152 valence electrons. The number of hydrogen-bond donors (Lipinski definition) is 3. The van der Waals surface area contributed by atoms with Gasteiger partial charge in [-0.1, -0.05) is 19.1 Å². The molecule has 1 aromatic carbocycles. The first-order chi connectivity index (χ1) is 14.1. The number of carbonyl (C=O) groups excluding carboxylic acids is 1. The zero-order chi connectivity index (χ0) is 20.6. The summed E-state index contributed by atoms with van der Waals surface area (Å²) in [6, 6.07) is 11.4. The predicted molar refractivity (Wildman–Crippen MR) is 116 cm³/mol. The first-order valence-corrected chi connectivity index (χ1v) is 9.77. The second-order valence-electron chi connectivity index (χ2n) is 6.45. The number of ether oxygens (including phenoxy) is 1. The monoisotopic (exact) mass is 394 g/mol. The van der Waals surface area contributed by atoms with E-state index in [-0.39, 0.29) is 11.9 Å². The fourth-order valence-electron chi connectivity index (χ4n) is 2.82. The molecule has 0 aliphatic rings. The largest absolute Gasteiger partial charge is 0.382 e. The van der Waals surface area contributed by atoms with Crippen LogP contribution in [0, 0.1) is 0 Å². The number of aromatic nitrogens is 3. The predicted octanol–water partition coefficient (Wildman–Crippen LogP) is 3.46. The van der Waals surface area contributed by atoms with E-state index < -0.39 is 0 Å². The molecule has 8 heteroatoms. The van der Waals surface area contributed by atoms with Gasteiger partial charge in [0, 0.05) is 37.4 Å². The van der Waals surface area contributed by atoms with Crippen LogP contribution in [0.25, 0.3) is 22.3 Å². The van der Waals surface area contributed by atoms with Crippen molar-refractivity contribution in [1.82, 2.24) is 15.0 Å². The Balaban J connectivity index is 1.83. The Labute approximate surface area is 169 Å². The fourth-order valence-corrected chi connectivity index (χ4v) is 2.82. The molecule has 0 aliphatic carbocycles. The number of rotatable bonds is 9. The van der Waals surface area contributed by atoms with Crippen molar-refractivity contribution < 1.29 is 9.53 Å². The maximum absolute atomic E-state index is 11.5. The normalized spacial score (nSPS) is 10.8. The third kappa shape index (κ3) is 5.39. The van der Waals surface area contributed by atoms with Crippen molar-refractivity contribution in [1.29, 1.82) is 0 Å². The maximum atomic E-state index is 11.5. The molecule has 8 nitrogen and oxygen atoms in total. The van der Waals surface area contributed by atoms with Gasteiger partial charge in [-0.2, -0.15) is 4.98 Å². The van der Waals surface area contributed by atoms with Gasteiger partial charge in [0.05, 0.1) is 11.2 Å². The molecule has 0 spiro atoms. The molecule has 0 saturated carbocycles. The molecular formula is C21H26N6O2. The van der Waals surface area contributed by atoms with Crippen molar-refractivity contribution >= 4 is 34.4 Å². The molecule has 0 atom stereocenters. The average molecular weight is 394 g/mol. The van der Waals surface area contributed by atoms with Crippen LogP contribution in [-0.2, 0) is 9.53 Å². The van der Waals surface area contributed by atoms with Gasteiger partial charge in [0.25, 0.3) is 0 Å². The summed E-state index contributed by atoms with van der Waals surface area (Å²) in [5.74, 6) is 0.796. The Morgan fingerprint density at radius 3 is 2.59 bits per heavy atom. The van der Waals surface area contributed by atoms with Crippen LogP contribution < -0.4 is 16.4 Å². The van der Waals surface area contributed by atoms with Gasteiger partial charge >= 0.3 is 0 Å². The van der Waals surface area contributed by atoms with Crippen LogP contribution in [0.4, 0.5) is 17.5 Å². The van der Waals surface area contributed by atoms with Crippen LogP contribution in [-0.4, -0.2) is 40.6 Å². The smallest absolute Gasteiger partial charge is 0.224 e. The molecule has 29 heavy (non-hydrogen) atoms. The minimum Gasteiger partial charge on any atom is -0.382 e. The van der Waals surface area contributed by atoms with E-state index >= 15 is 0 Å². The molecule has 1 amide bonds. The van der Waals surface area contributed by atoms with Gasteiger partial charge < -0.3 is 21.1 Å². The molecule has 0 bridgehead atoms. The summed E-state index contributed by atoms with van der Waals surface area (Å²) >= 11 is 0. The molecule has 0 aliphatic heterocycles. The summed E-state index contributed by atoms with van der Waals surface area (Å²) in [6.07, 6.45) is 1.29. The van der Waals surface area contributed by atoms with Crippen LogP contribution in [0.1, 0.15) is 26.7 Å². The number of nitrogen functional groups attached to an aromatic ring is 1. The van der Waals surface area contributed by atoms with E-state index in [1.165, 1.54) is 0 Å². The van der Waals surface area contributed by atoms with Crippen molar-refractivity contribution in [2.24, 2.45) is 0 Å². The zero-order valence-corrected chi connectivity index (χ0v) is 16.7. The summed E-state index contributed by atoms with van der Waals surface area (Å²) in [5.41, 5.74) is 9.67. The van der Waals surface area contributed by atoms with Crippen LogP contribution in [0.15, 0.2) is 36.4 Å². The topological polar surface area (TPSA) is 115 Å². The molecular weight excluding hydrogens is 368 g/mol. The zero-order valence-electron chi connectivity index (χ0n) is 16.7.